The maximum atomic E-state index is 13.0. The summed E-state index contributed by atoms with van der Waals surface area (Å²) in [5, 5.41) is 16.1. The first-order valence-corrected chi connectivity index (χ1v) is 41.3. The van der Waals surface area contributed by atoms with Crippen LogP contribution in [0.2, 0.25) is 0 Å². The third kappa shape index (κ3) is 25.0. The van der Waals surface area contributed by atoms with Gasteiger partial charge in [0.05, 0.1) is 71.2 Å². The van der Waals surface area contributed by atoms with Crippen LogP contribution in [0.5, 0.6) is 0 Å². The van der Waals surface area contributed by atoms with Crippen LogP contribution < -0.4 is 106 Å². The van der Waals surface area contributed by atoms with E-state index in [1.54, 1.807) is 48.5 Å². The third-order valence-corrected chi connectivity index (χ3v) is 23.1. The number of imide groups is 3. The molecule has 3 aromatic heterocycles. The van der Waals surface area contributed by atoms with Gasteiger partial charge in [0.25, 0.3) is 0 Å². The second-order valence-electron chi connectivity index (χ2n) is 34.2. The van der Waals surface area contributed by atoms with E-state index >= 15 is 0 Å². The molecule has 3 aliphatic carbocycles. The molecule has 9 fully saturated rings. The summed E-state index contributed by atoms with van der Waals surface area (Å²) < 4.78 is 37.3. The molecule has 6 saturated heterocycles. The SMILES string of the molecule is CC(C)(C)OC(=O)NC1CC(OCCN2CCNCC2)C1.Cn1c(=O)n(C2CCC(=O)NC2=O)c2ccc(C=O)cc21.Cn1c(=O)n(C2CCC(=O)NC2=O)c2ccc(CN3CCN(CCOC4CC(N)C4)CC3)cc21.Cn1c(=O)n(C2CCC(=O)NC2=O)c2ccc(CN3CCN(CCOC4CC(NC(=O)OC(C)(C)C)C4)CC3)cc21.[K+].[SH-]. The number of nitrogens with one attached hydrogen (secondary N) is 6. The number of carbonyl (C=O) groups excluding carboxylic acids is 9. The van der Waals surface area contributed by atoms with Gasteiger partial charge in [-0.05, 0) is 153 Å². The molecule has 15 rings (SSSR count). The fraction of sp³-hybridized carbons (Fsp3) is 0.634. The number of rotatable bonds is 22. The Labute approximate surface area is 741 Å². The van der Waals surface area contributed by atoms with E-state index in [9.17, 15) is 57.5 Å². The number of piperazine rings is 3. The molecule has 646 valence electrons. The van der Waals surface area contributed by atoms with E-state index < -0.39 is 47.0 Å². The average Bonchev–Trinajstić information content (AvgIpc) is 1.62. The van der Waals surface area contributed by atoms with Gasteiger partial charge in [-0.15, -0.1) is 0 Å². The molecule has 3 saturated carbocycles. The summed E-state index contributed by atoms with van der Waals surface area (Å²) in [4.78, 5) is 156. The van der Waals surface area contributed by atoms with E-state index in [1.807, 2.05) is 77.9 Å². The van der Waals surface area contributed by atoms with Crippen molar-refractivity contribution in [3.63, 3.8) is 0 Å². The second kappa shape index (κ2) is 42.2. The Morgan fingerprint density at radius 1 is 0.454 bits per heavy atom. The largest absolute Gasteiger partial charge is 1.00 e. The molecule has 9 heterocycles. The number of amides is 8. The molecule has 8 N–H and O–H groups in total. The number of carbonyl (C=O) groups is 9. The average molecular weight is 1700 g/mol. The molecule has 9 aliphatic rings. The maximum absolute atomic E-state index is 13.0. The molecule has 0 bridgehead atoms. The molecule has 0 radical (unpaired) electrons. The maximum Gasteiger partial charge on any atom is 1.00 e. The summed E-state index contributed by atoms with van der Waals surface area (Å²) >= 11 is 0. The number of aryl methyl sites for hydroxylation is 3. The van der Waals surface area contributed by atoms with Gasteiger partial charge in [0, 0.05) is 175 Å². The van der Waals surface area contributed by atoms with E-state index in [4.69, 9.17) is 29.4 Å². The standard InChI is InChI=1S/C29H42N6O6.C24H34N6O4.C15H29N3O3.C14H13N3O4.K.H2S/c1-29(2,3)41-27(38)30-20-16-21(17-20)40-14-13-33-9-11-34(12-10-33)18-19-5-6-22-24(15-19)32(4)28(39)35(22)23-7-8-25(36)31-26(23)37;1-27-21-12-16(2-3-19(21)30(24(27)33)20-4-5-22(31)26-23(20)32)15-29-8-6-28(7-9-29)10-11-34-18-13-17(25)14-18;1-15(2,3)21-14(19)17-12-10-13(11-12)20-9-8-18-6-4-16-5-7-18;1-16-11-6-8(7-18)2-3-9(11)17(14(16)21)10-4-5-12(19)15-13(10)20;;/h5-6,15,20-21,23H,7-14,16-18H2,1-4H3,(H,30,38)(H,31,36,37);2-3,12,17-18,20H,4-11,13-15,25H2,1H3,(H,26,31,32);12-13,16H,4-11H2,1-3H3,(H,17,19);2-3,6-7,10H,4-5H2,1H3,(H,15,19,20);;1H2/q;;;;+1;/p-1. The number of thiol groups is 1. The number of imidazole rings is 3. The molecule has 0 spiro atoms. The van der Waals surface area contributed by atoms with Gasteiger partial charge in [0.1, 0.15) is 35.6 Å². The van der Waals surface area contributed by atoms with Crippen LogP contribution in [-0.2, 0) is 100 Å². The number of aromatic nitrogens is 6. The third-order valence-electron chi connectivity index (χ3n) is 23.1. The first-order valence-electron chi connectivity index (χ1n) is 41.3. The Morgan fingerprint density at radius 3 is 1.10 bits per heavy atom. The molecule has 8 amide bonds. The van der Waals surface area contributed by atoms with Crippen LogP contribution >= 0.6 is 0 Å². The number of ether oxygens (including phenoxy) is 5. The van der Waals surface area contributed by atoms with Crippen molar-refractivity contribution < 1.29 is 118 Å². The zero-order valence-electron chi connectivity index (χ0n) is 70.5. The quantitative estimate of drug-likeness (QED) is 0.0145. The van der Waals surface area contributed by atoms with Crippen molar-refractivity contribution in [3.05, 3.63) is 103 Å². The number of benzene rings is 3. The van der Waals surface area contributed by atoms with Crippen LogP contribution in [0.4, 0.5) is 9.59 Å². The smallest absolute Gasteiger partial charge is 0.813 e. The van der Waals surface area contributed by atoms with Crippen LogP contribution in [0.25, 0.3) is 33.1 Å². The second-order valence-corrected chi connectivity index (χ2v) is 34.2. The molecule has 3 unspecified atom stereocenters. The molecule has 3 atom stereocenters. The van der Waals surface area contributed by atoms with Crippen LogP contribution in [-0.4, -0.2) is 271 Å². The minimum absolute atomic E-state index is 0. The fourth-order valence-corrected chi connectivity index (χ4v) is 16.3. The molecule has 3 aromatic carbocycles. The molecule has 6 aliphatic heterocycles. The summed E-state index contributed by atoms with van der Waals surface area (Å²) in [5.41, 5.74) is 10.9. The Hall–Kier alpha value is -7.31. The van der Waals surface area contributed by atoms with E-state index in [1.165, 1.54) is 18.3 Å². The topological polar surface area (TPSA) is 395 Å². The summed E-state index contributed by atoms with van der Waals surface area (Å²) in [6.07, 6.45) is 7.85. The van der Waals surface area contributed by atoms with Crippen LogP contribution in [0.3, 0.4) is 0 Å². The Morgan fingerprint density at radius 2 is 0.773 bits per heavy atom. The zero-order valence-corrected chi connectivity index (χ0v) is 74.5. The van der Waals surface area contributed by atoms with Crippen LogP contribution in [0.1, 0.15) is 158 Å². The van der Waals surface area contributed by atoms with Crippen molar-refractivity contribution in [2.24, 2.45) is 26.9 Å². The molecule has 6 aromatic rings. The summed E-state index contributed by atoms with van der Waals surface area (Å²) in [5.74, 6) is -2.21. The van der Waals surface area contributed by atoms with Gasteiger partial charge in [0.2, 0.25) is 35.4 Å². The van der Waals surface area contributed by atoms with Gasteiger partial charge >= 0.3 is 80.6 Å². The van der Waals surface area contributed by atoms with Gasteiger partial charge < -0.3 is 58.9 Å². The van der Waals surface area contributed by atoms with Gasteiger partial charge in [-0.1, -0.05) is 12.1 Å². The predicted molar refractivity (Wildman–Crippen MR) is 444 cm³/mol. The van der Waals surface area contributed by atoms with Gasteiger partial charge in [-0.3, -0.25) is 101 Å². The van der Waals surface area contributed by atoms with E-state index in [-0.39, 0.29) is 155 Å². The first-order chi connectivity index (χ1) is 55.8. The fourth-order valence-electron chi connectivity index (χ4n) is 16.3. The molecular formula is C82H119KN18O17S. The number of nitrogens with two attached hydrogens (primary N) is 1. The summed E-state index contributed by atoms with van der Waals surface area (Å²) in [6, 6.07) is 15.4. The molecule has 35 nitrogen and oxygen atoms in total. The number of nitrogens with zero attached hydrogens (tertiary/aromatic N) is 11. The number of piperidine rings is 3. The number of alkyl carbamates (subject to hydrolysis) is 2. The van der Waals surface area contributed by atoms with Gasteiger partial charge in [0.15, 0.2) is 0 Å². The Bertz CT molecular complexity index is 4770. The van der Waals surface area contributed by atoms with E-state index in [0.717, 1.165) is 191 Å². The first kappa shape index (κ1) is 93.9. The van der Waals surface area contributed by atoms with Gasteiger partial charge in [-0.2, -0.15) is 0 Å². The van der Waals surface area contributed by atoms with Crippen molar-refractivity contribution >= 4 is 101 Å². The van der Waals surface area contributed by atoms with Crippen molar-refractivity contribution in [1.29, 1.82) is 0 Å². The number of hydrogen-bond donors (Lipinski definition) is 7. The monoisotopic (exact) mass is 1700 g/mol. The Balaban J connectivity index is 0.000000173. The molecular weight excluding hydrogens is 1580 g/mol. The van der Waals surface area contributed by atoms with E-state index in [2.05, 4.69) is 56.4 Å². The van der Waals surface area contributed by atoms with Crippen LogP contribution in [0, 0.1) is 0 Å². The number of hydrogen-bond acceptors (Lipinski definition) is 25. The number of fused-ring (bicyclic) bond motifs is 3. The van der Waals surface area contributed by atoms with E-state index in [0.29, 0.717) is 66.4 Å². The van der Waals surface area contributed by atoms with Crippen molar-refractivity contribution in [2.45, 2.75) is 197 Å². The zero-order chi connectivity index (χ0) is 83.6. The number of aldehydes is 1. The van der Waals surface area contributed by atoms with Crippen molar-refractivity contribution in [2.75, 3.05) is 118 Å². The minimum Gasteiger partial charge on any atom is -0.813 e. The van der Waals surface area contributed by atoms with Crippen LogP contribution in [0.15, 0.2) is 69.0 Å². The summed E-state index contributed by atoms with van der Waals surface area (Å²) in [6.45, 7) is 30.0. The van der Waals surface area contributed by atoms with Crippen molar-refractivity contribution in [3.8, 4) is 0 Å². The molecule has 119 heavy (non-hydrogen) atoms. The van der Waals surface area contributed by atoms with Gasteiger partial charge in [-0.25, -0.2) is 24.0 Å². The van der Waals surface area contributed by atoms with Crippen molar-refractivity contribution in [1.82, 2.24) is 83.8 Å². The predicted octanol–water partition coefficient (Wildman–Crippen LogP) is -0.723. The summed E-state index contributed by atoms with van der Waals surface area (Å²) in [7, 11) is 5.04. The Kier molecular flexibility index (Phi) is 33.3. The molecule has 37 heteroatoms. The normalized spacial score (nSPS) is 24.0. The minimum atomic E-state index is -0.707.